The molecule has 0 spiro atoms. The third-order valence-corrected chi connectivity index (χ3v) is 2.99. The van der Waals surface area contributed by atoms with Crippen LogP contribution in [-0.2, 0) is 22.5 Å². The van der Waals surface area contributed by atoms with Crippen LogP contribution in [0.3, 0.4) is 0 Å². The molecule has 1 rings (SSSR count). The van der Waals surface area contributed by atoms with Gasteiger partial charge in [0, 0.05) is 0 Å². The van der Waals surface area contributed by atoms with Crippen LogP contribution >= 0.6 is 0 Å². The second-order valence-electron chi connectivity index (χ2n) is 3.68. The Morgan fingerprint density at radius 1 is 0.952 bits per heavy atom. The Labute approximate surface area is 136 Å². The molecule has 0 bridgehead atoms. The van der Waals surface area contributed by atoms with Crippen molar-refractivity contribution in [2.24, 2.45) is 0 Å². The summed E-state index contributed by atoms with van der Waals surface area (Å²) in [5, 5.41) is 9.00. The molecule has 1 N–H and O–H groups in total. The maximum absolute atomic E-state index is 12.4. The molecule has 0 aliphatic rings. The molecule has 114 valence electrons. The van der Waals surface area contributed by atoms with Gasteiger partial charge in [0.25, 0.3) is 0 Å². The normalized spacial score (nSPS) is 14.5. The summed E-state index contributed by atoms with van der Waals surface area (Å²) in [6, 6.07) is -0.321. The fourth-order valence-electron chi connectivity index (χ4n) is 1.29. The van der Waals surface area contributed by atoms with E-state index in [9.17, 15) is 39.3 Å². The van der Waals surface area contributed by atoms with Crippen LogP contribution in [0.5, 0.6) is 0 Å². The fourth-order valence-corrected chi connectivity index (χ4v) is 1.76. The van der Waals surface area contributed by atoms with Crippen LogP contribution in [-0.4, -0.2) is 18.1 Å². The minimum atomic E-state index is -5.51. The van der Waals surface area contributed by atoms with Crippen molar-refractivity contribution in [2.75, 3.05) is 0 Å². The molecule has 0 radical (unpaired) electrons. The zero-order valence-corrected chi connectivity index (χ0v) is 13.0. The summed E-state index contributed by atoms with van der Waals surface area (Å²) in [7, 11) is -5.51. The molecular formula is C9H5F6NaO4S. The van der Waals surface area contributed by atoms with Gasteiger partial charge in [-0.2, -0.15) is 26.3 Å². The van der Waals surface area contributed by atoms with Crippen LogP contribution in [0.2, 0.25) is 0 Å². The summed E-state index contributed by atoms with van der Waals surface area (Å²) < 4.78 is 106. The number of aliphatic hydroxyl groups is 1. The number of halogens is 6. The summed E-state index contributed by atoms with van der Waals surface area (Å²) >= 11 is 0. The van der Waals surface area contributed by atoms with E-state index in [-0.39, 0.29) is 47.8 Å². The second-order valence-corrected chi connectivity index (χ2v) is 5.12. The third kappa shape index (κ3) is 5.42. The first-order valence-corrected chi connectivity index (χ1v) is 6.12. The van der Waals surface area contributed by atoms with Crippen molar-refractivity contribution < 1.29 is 74.0 Å². The molecule has 0 fully saturated rings. The number of hydrogen-bond donors (Lipinski definition) is 1. The molecule has 12 heteroatoms. The number of hydrogen-bond acceptors (Lipinski definition) is 4. The van der Waals surface area contributed by atoms with Crippen LogP contribution in [0, 0.1) is 0 Å². The zero-order valence-electron chi connectivity index (χ0n) is 10.2. The van der Waals surface area contributed by atoms with Crippen molar-refractivity contribution in [3.8, 4) is 0 Å². The summed E-state index contributed by atoms with van der Waals surface area (Å²) in [6.07, 6.45) is -10.4. The maximum Gasteiger partial charge on any atom is 1.00 e. The van der Waals surface area contributed by atoms with E-state index in [1.807, 2.05) is 0 Å². The Hall–Kier alpha value is -0.330. The molecule has 21 heavy (non-hydrogen) atoms. The van der Waals surface area contributed by atoms with Crippen molar-refractivity contribution >= 4 is 10.1 Å². The quantitative estimate of drug-likeness (QED) is 0.435. The third-order valence-electron chi connectivity index (χ3n) is 2.17. The molecule has 0 saturated carbocycles. The van der Waals surface area contributed by atoms with E-state index in [2.05, 4.69) is 0 Å². The number of benzene rings is 1. The summed E-state index contributed by atoms with van der Waals surface area (Å²) in [6.45, 7) is 0. The molecular weight excluding hydrogens is 341 g/mol. The molecule has 0 aliphatic heterocycles. The molecule has 1 aromatic rings. The first-order chi connectivity index (χ1) is 8.73. The van der Waals surface area contributed by atoms with Gasteiger partial charge in [0.05, 0.1) is 11.1 Å². The van der Waals surface area contributed by atoms with Gasteiger partial charge in [0.1, 0.15) is 10.1 Å². The van der Waals surface area contributed by atoms with E-state index in [0.29, 0.717) is 0 Å². The number of rotatable bonds is 2. The van der Waals surface area contributed by atoms with Crippen LogP contribution in [0.15, 0.2) is 18.2 Å². The monoisotopic (exact) mass is 346 g/mol. The van der Waals surface area contributed by atoms with Crippen LogP contribution in [0.1, 0.15) is 22.1 Å². The van der Waals surface area contributed by atoms with Gasteiger partial charge in [-0.1, -0.05) is 0 Å². The van der Waals surface area contributed by atoms with E-state index in [1.165, 1.54) is 0 Å². The second kappa shape index (κ2) is 6.42. The summed E-state index contributed by atoms with van der Waals surface area (Å²) in [5.41, 5.74) is -7.98. The van der Waals surface area contributed by atoms with Crippen LogP contribution < -0.4 is 29.6 Å². The van der Waals surface area contributed by atoms with Crippen molar-refractivity contribution in [2.45, 2.75) is 17.8 Å². The largest absolute Gasteiger partial charge is 1.00 e. The summed E-state index contributed by atoms with van der Waals surface area (Å²) in [4.78, 5) is 0. The Bertz CT molecular complexity index is 577. The average molecular weight is 346 g/mol. The van der Waals surface area contributed by atoms with Gasteiger partial charge in [-0.25, -0.2) is 8.42 Å². The van der Waals surface area contributed by atoms with Gasteiger partial charge in [-0.3, -0.25) is 0 Å². The van der Waals surface area contributed by atoms with Gasteiger partial charge in [-0.15, -0.1) is 0 Å². The van der Waals surface area contributed by atoms with Gasteiger partial charge >= 0.3 is 41.9 Å². The fraction of sp³-hybridized carbons (Fsp3) is 0.333. The Kier molecular flexibility index (Phi) is 6.32. The van der Waals surface area contributed by atoms with Crippen molar-refractivity contribution in [3.63, 3.8) is 0 Å². The Morgan fingerprint density at radius 2 is 1.29 bits per heavy atom. The molecule has 0 amide bonds. The van der Waals surface area contributed by atoms with E-state index >= 15 is 0 Å². The van der Waals surface area contributed by atoms with E-state index < -0.39 is 44.6 Å². The Morgan fingerprint density at radius 3 is 1.52 bits per heavy atom. The standard InChI is InChI=1S/C9H6F6O4S.Na/c10-8(11,12)5-1-4(7(16)20(17,18)19)2-6(3-5)9(13,14)15;/h1-3,7,16H,(H,17,18,19);/q;+1/p-1. The zero-order chi connectivity index (χ0) is 15.9. The van der Waals surface area contributed by atoms with Crippen LogP contribution in [0.4, 0.5) is 26.3 Å². The molecule has 1 atom stereocenters. The molecule has 1 unspecified atom stereocenters. The van der Waals surface area contributed by atoms with Crippen LogP contribution in [0.25, 0.3) is 0 Å². The molecule has 0 saturated heterocycles. The first kappa shape index (κ1) is 20.7. The minimum absolute atomic E-state index is 0. The molecule has 1 aromatic carbocycles. The van der Waals surface area contributed by atoms with Gasteiger partial charge in [0.2, 0.25) is 0 Å². The Balaban J connectivity index is 0.00000400. The molecule has 0 aliphatic carbocycles. The number of aliphatic hydroxyl groups excluding tert-OH is 1. The first-order valence-electron chi connectivity index (χ1n) is 4.65. The van der Waals surface area contributed by atoms with Gasteiger partial charge < -0.3 is 9.66 Å². The van der Waals surface area contributed by atoms with E-state index in [1.54, 1.807) is 0 Å². The van der Waals surface area contributed by atoms with Gasteiger partial charge in [0.15, 0.2) is 5.44 Å². The molecule has 0 aromatic heterocycles. The SMILES string of the molecule is O=S(=O)([O-])C(O)c1cc(C(F)(F)F)cc(C(F)(F)F)c1.[Na+]. The van der Waals surface area contributed by atoms with Crippen molar-refractivity contribution in [1.82, 2.24) is 0 Å². The summed E-state index contributed by atoms with van der Waals surface area (Å²) in [5.74, 6) is 0. The molecule has 0 heterocycles. The van der Waals surface area contributed by atoms with E-state index in [4.69, 9.17) is 5.11 Å². The predicted octanol–water partition coefficient (Wildman–Crippen LogP) is -0.736. The van der Waals surface area contributed by atoms with Gasteiger partial charge in [-0.05, 0) is 23.8 Å². The predicted molar refractivity (Wildman–Crippen MR) is 51.1 cm³/mol. The average Bonchev–Trinajstić information content (AvgIpc) is 2.23. The van der Waals surface area contributed by atoms with E-state index in [0.717, 1.165) is 0 Å². The minimum Gasteiger partial charge on any atom is -0.746 e. The maximum atomic E-state index is 12.4. The molecule has 4 nitrogen and oxygen atoms in total. The smallest absolute Gasteiger partial charge is 0.746 e. The number of alkyl halides is 6. The van der Waals surface area contributed by atoms with Crippen molar-refractivity contribution in [3.05, 3.63) is 34.9 Å². The van der Waals surface area contributed by atoms with Crippen molar-refractivity contribution in [1.29, 1.82) is 0 Å². The topological polar surface area (TPSA) is 77.4 Å².